The highest BCUT2D eigenvalue weighted by Crippen LogP contribution is 2.29. The Kier molecular flexibility index (Phi) is 4.74. The minimum absolute atomic E-state index is 0.0635. The lowest BCUT2D eigenvalue weighted by Crippen LogP contribution is -2.45. The number of benzene rings is 1. The van der Waals surface area contributed by atoms with Gasteiger partial charge in [-0.15, -0.1) is 0 Å². The number of nitrogens with zero attached hydrogens (tertiary/aromatic N) is 2. The molecule has 1 aliphatic carbocycles. The van der Waals surface area contributed by atoms with E-state index in [1.807, 2.05) is 0 Å². The molecule has 2 rings (SSSR count). The average Bonchev–Trinajstić information content (AvgIpc) is 2.43. The number of anilines is 1. The molecule has 7 nitrogen and oxygen atoms in total. The van der Waals surface area contributed by atoms with E-state index in [4.69, 9.17) is 5.11 Å². The fourth-order valence-corrected chi connectivity index (χ4v) is 2.45. The average molecular weight is 293 g/mol. The number of amides is 1. The van der Waals surface area contributed by atoms with Gasteiger partial charge in [-0.3, -0.25) is 14.9 Å². The van der Waals surface area contributed by atoms with Gasteiger partial charge in [-0.2, -0.15) is 0 Å². The van der Waals surface area contributed by atoms with Crippen LogP contribution in [0.2, 0.25) is 0 Å². The molecule has 0 radical (unpaired) electrons. The molecule has 1 amide bonds. The first-order valence-electron chi connectivity index (χ1n) is 6.96. The Morgan fingerprint density at radius 2 is 2.24 bits per heavy atom. The van der Waals surface area contributed by atoms with E-state index >= 15 is 0 Å². The molecule has 1 aromatic carbocycles. The number of nitro groups is 1. The van der Waals surface area contributed by atoms with Crippen LogP contribution in [0.15, 0.2) is 18.2 Å². The van der Waals surface area contributed by atoms with Crippen LogP contribution in [-0.2, 0) is 0 Å². The third-order valence-corrected chi connectivity index (χ3v) is 3.83. The summed E-state index contributed by atoms with van der Waals surface area (Å²) in [7, 11) is 1.58. The molecule has 1 saturated carbocycles. The maximum Gasteiger partial charge on any atom is 0.292 e. The van der Waals surface area contributed by atoms with E-state index in [1.165, 1.54) is 18.2 Å². The van der Waals surface area contributed by atoms with E-state index in [0.29, 0.717) is 11.3 Å². The molecular weight excluding hydrogens is 274 g/mol. The maximum atomic E-state index is 12.5. The molecule has 0 atom stereocenters. The van der Waals surface area contributed by atoms with E-state index in [1.54, 1.807) is 11.9 Å². The highest BCUT2D eigenvalue weighted by Gasteiger charge is 2.29. The number of rotatable bonds is 6. The van der Waals surface area contributed by atoms with Crippen LogP contribution in [0.5, 0.6) is 0 Å². The van der Waals surface area contributed by atoms with Crippen LogP contribution in [0.4, 0.5) is 11.4 Å². The SMILES string of the molecule is CNc1cc(C(=O)N(CCO)C2CCC2)ccc1[N+](=O)[O-]. The van der Waals surface area contributed by atoms with Gasteiger partial charge in [0.1, 0.15) is 5.69 Å². The minimum Gasteiger partial charge on any atom is -0.395 e. The molecule has 2 N–H and O–H groups in total. The molecule has 114 valence electrons. The van der Waals surface area contributed by atoms with Gasteiger partial charge < -0.3 is 15.3 Å². The van der Waals surface area contributed by atoms with Gasteiger partial charge in [0.15, 0.2) is 0 Å². The molecule has 21 heavy (non-hydrogen) atoms. The summed E-state index contributed by atoms with van der Waals surface area (Å²) >= 11 is 0. The smallest absolute Gasteiger partial charge is 0.292 e. The van der Waals surface area contributed by atoms with Crippen LogP contribution in [0.25, 0.3) is 0 Å². The zero-order chi connectivity index (χ0) is 15.4. The van der Waals surface area contributed by atoms with Gasteiger partial charge in [-0.25, -0.2) is 0 Å². The highest BCUT2D eigenvalue weighted by molar-refractivity contribution is 5.96. The second-order valence-corrected chi connectivity index (χ2v) is 5.05. The van der Waals surface area contributed by atoms with Crippen LogP contribution < -0.4 is 5.32 Å². The molecule has 0 bridgehead atoms. The van der Waals surface area contributed by atoms with Crippen molar-refractivity contribution in [2.75, 3.05) is 25.5 Å². The number of nitrogens with one attached hydrogen (secondary N) is 1. The zero-order valence-corrected chi connectivity index (χ0v) is 11.9. The van der Waals surface area contributed by atoms with Crippen molar-refractivity contribution in [3.8, 4) is 0 Å². The quantitative estimate of drug-likeness (QED) is 0.614. The molecule has 0 aromatic heterocycles. The number of nitro benzene ring substituents is 1. The standard InChI is InChI=1S/C14H19N3O4/c1-15-12-9-10(5-6-13(12)17(20)21)14(19)16(7-8-18)11-3-2-4-11/h5-6,9,11,15,18H,2-4,7-8H2,1H3. The lowest BCUT2D eigenvalue weighted by atomic mass is 9.91. The van der Waals surface area contributed by atoms with E-state index in [0.717, 1.165) is 19.3 Å². The number of hydrogen-bond acceptors (Lipinski definition) is 5. The summed E-state index contributed by atoms with van der Waals surface area (Å²) in [6.45, 7) is 0.198. The van der Waals surface area contributed by atoms with E-state index in [2.05, 4.69) is 5.32 Å². The van der Waals surface area contributed by atoms with Crippen LogP contribution in [0.3, 0.4) is 0 Å². The van der Waals surface area contributed by atoms with Gasteiger partial charge >= 0.3 is 0 Å². The molecule has 0 unspecified atom stereocenters. The van der Waals surface area contributed by atoms with Crippen molar-refractivity contribution in [3.05, 3.63) is 33.9 Å². The molecule has 0 saturated heterocycles. The van der Waals surface area contributed by atoms with Crippen molar-refractivity contribution >= 4 is 17.3 Å². The Morgan fingerprint density at radius 3 is 2.71 bits per heavy atom. The summed E-state index contributed by atoms with van der Waals surface area (Å²) in [5.41, 5.74) is 0.639. The summed E-state index contributed by atoms with van der Waals surface area (Å²) in [5.74, 6) is -0.194. The molecule has 1 aromatic rings. The second kappa shape index (κ2) is 6.53. The molecule has 7 heteroatoms. The first-order chi connectivity index (χ1) is 10.1. The lowest BCUT2D eigenvalue weighted by molar-refractivity contribution is -0.383. The lowest BCUT2D eigenvalue weighted by Gasteiger charge is -2.37. The third-order valence-electron chi connectivity index (χ3n) is 3.83. The third kappa shape index (κ3) is 3.13. The normalized spacial score (nSPS) is 14.4. The predicted molar refractivity (Wildman–Crippen MR) is 78.4 cm³/mol. The number of aliphatic hydroxyl groups excluding tert-OH is 1. The molecule has 1 fully saturated rings. The summed E-state index contributed by atoms with van der Waals surface area (Å²) in [6, 6.07) is 4.45. The van der Waals surface area contributed by atoms with Crippen molar-refractivity contribution in [2.45, 2.75) is 25.3 Å². The predicted octanol–water partition coefficient (Wildman–Crippen LogP) is 1.62. The van der Waals surface area contributed by atoms with Crippen LogP contribution in [-0.4, -0.2) is 47.1 Å². The number of aliphatic hydroxyl groups is 1. The first-order valence-corrected chi connectivity index (χ1v) is 6.96. The van der Waals surface area contributed by atoms with Gasteiger partial charge in [0.2, 0.25) is 0 Å². The van der Waals surface area contributed by atoms with Gasteiger partial charge in [-0.05, 0) is 31.4 Å². The Morgan fingerprint density at radius 1 is 1.52 bits per heavy atom. The summed E-state index contributed by atoms with van der Waals surface area (Å²) < 4.78 is 0. The molecule has 0 heterocycles. The number of carbonyl (C=O) groups excluding carboxylic acids is 1. The van der Waals surface area contributed by atoms with Crippen molar-refractivity contribution in [3.63, 3.8) is 0 Å². The summed E-state index contributed by atoms with van der Waals surface area (Å²) in [4.78, 5) is 24.6. The first kappa shape index (κ1) is 15.2. The van der Waals surface area contributed by atoms with Crippen molar-refractivity contribution in [1.29, 1.82) is 0 Å². The van der Waals surface area contributed by atoms with Gasteiger partial charge in [0, 0.05) is 31.3 Å². The monoisotopic (exact) mass is 293 g/mol. The maximum absolute atomic E-state index is 12.5. The number of carbonyl (C=O) groups is 1. The molecule has 1 aliphatic rings. The fourth-order valence-electron chi connectivity index (χ4n) is 2.45. The van der Waals surface area contributed by atoms with Gasteiger partial charge in [0.05, 0.1) is 11.5 Å². The van der Waals surface area contributed by atoms with Gasteiger partial charge in [0.25, 0.3) is 11.6 Å². The van der Waals surface area contributed by atoms with E-state index in [-0.39, 0.29) is 30.8 Å². The van der Waals surface area contributed by atoms with E-state index in [9.17, 15) is 14.9 Å². The Balaban J connectivity index is 2.26. The molecule has 0 aliphatic heterocycles. The van der Waals surface area contributed by atoms with Crippen LogP contribution >= 0.6 is 0 Å². The molecular formula is C14H19N3O4. The minimum atomic E-state index is -0.489. The topological polar surface area (TPSA) is 95.7 Å². The van der Waals surface area contributed by atoms with Gasteiger partial charge in [-0.1, -0.05) is 0 Å². The zero-order valence-electron chi connectivity index (χ0n) is 11.9. The second-order valence-electron chi connectivity index (χ2n) is 5.05. The van der Waals surface area contributed by atoms with Crippen molar-refractivity contribution in [2.24, 2.45) is 0 Å². The highest BCUT2D eigenvalue weighted by atomic mass is 16.6. The Hall–Kier alpha value is -2.15. The van der Waals surface area contributed by atoms with Crippen molar-refractivity contribution in [1.82, 2.24) is 4.90 Å². The Bertz CT molecular complexity index is 543. The fraction of sp³-hybridized carbons (Fsp3) is 0.500. The summed E-state index contributed by atoms with van der Waals surface area (Å²) in [6.07, 6.45) is 2.97. The van der Waals surface area contributed by atoms with Crippen LogP contribution in [0, 0.1) is 10.1 Å². The number of hydrogen-bond donors (Lipinski definition) is 2. The van der Waals surface area contributed by atoms with E-state index < -0.39 is 4.92 Å². The summed E-state index contributed by atoms with van der Waals surface area (Å²) in [5, 5.41) is 22.8. The molecule has 0 spiro atoms. The van der Waals surface area contributed by atoms with Crippen LogP contribution in [0.1, 0.15) is 29.6 Å². The largest absolute Gasteiger partial charge is 0.395 e. The Labute approximate surface area is 122 Å². The van der Waals surface area contributed by atoms with Crippen molar-refractivity contribution < 1.29 is 14.8 Å².